The third kappa shape index (κ3) is 5.29. The Labute approximate surface area is 117 Å². The summed E-state index contributed by atoms with van der Waals surface area (Å²) in [6, 6.07) is 6.84. The molecule has 1 aliphatic rings. The second-order valence-electron chi connectivity index (χ2n) is 5.99. The molecule has 1 fully saturated rings. The summed E-state index contributed by atoms with van der Waals surface area (Å²) in [6.07, 6.45) is 5.48. The first kappa shape index (κ1) is 14.5. The zero-order chi connectivity index (χ0) is 13.5. The van der Waals surface area contributed by atoms with Gasteiger partial charge in [-0.15, -0.1) is 0 Å². The van der Waals surface area contributed by atoms with Crippen LogP contribution in [0.4, 0.5) is 0 Å². The number of nitrogens with one attached hydrogen (secondary N) is 1. The van der Waals surface area contributed by atoms with E-state index in [1.54, 1.807) is 0 Å². The van der Waals surface area contributed by atoms with Gasteiger partial charge in [0.25, 0.3) is 0 Å². The Balaban J connectivity index is 1.61. The highest BCUT2D eigenvalue weighted by atomic mass is 15.1. The van der Waals surface area contributed by atoms with E-state index in [9.17, 15) is 0 Å². The van der Waals surface area contributed by atoms with E-state index in [2.05, 4.69) is 41.2 Å². The summed E-state index contributed by atoms with van der Waals surface area (Å²) in [5, 5.41) is 3.68. The number of nitrogens with zero attached hydrogens (tertiary/aromatic N) is 2. The van der Waals surface area contributed by atoms with E-state index < -0.39 is 0 Å². The van der Waals surface area contributed by atoms with E-state index in [1.807, 2.05) is 12.3 Å². The molecule has 0 unspecified atom stereocenters. The van der Waals surface area contributed by atoms with Gasteiger partial charge in [0.2, 0.25) is 0 Å². The van der Waals surface area contributed by atoms with Crippen molar-refractivity contribution in [1.82, 2.24) is 15.2 Å². The van der Waals surface area contributed by atoms with Crippen molar-refractivity contribution in [2.45, 2.75) is 39.2 Å². The number of pyridine rings is 1. The number of aromatic nitrogens is 1. The highest BCUT2D eigenvalue weighted by molar-refractivity contribution is 5.03. The number of rotatable bonds is 6. The minimum atomic E-state index is 0.701. The predicted molar refractivity (Wildman–Crippen MR) is 80.2 cm³/mol. The van der Waals surface area contributed by atoms with Crippen molar-refractivity contribution in [2.24, 2.45) is 5.92 Å². The van der Waals surface area contributed by atoms with Gasteiger partial charge in [-0.3, -0.25) is 4.98 Å². The van der Waals surface area contributed by atoms with Crippen LogP contribution >= 0.6 is 0 Å². The number of piperidine rings is 1. The van der Waals surface area contributed by atoms with Gasteiger partial charge in [0.15, 0.2) is 0 Å². The molecule has 0 saturated carbocycles. The largest absolute Gasteiger partial charge is 0.313 e. The average molecular weight is 261 g/mol. The second kappa shape index (κ2) is 7.61. The summed E-state index contributed by atoms with van der Waals surface area (Å²) in [7, 11) is 0. The number of hydrogen-bond donors (Lipinski definition) is 1. The van der Waals surface area contributed by atoms with E-state index in [0.29, 0.717) is 6.04 Å². The first-order valence-electron chi connectivity index (χ1n) is 7.59. The normalized spacial score (nSPS) is 18.1. The van der Waals surface area contributed by atoms with E-state index >= 15 is 0 Å². The maximum atomic E-state index is 4.36. The third-order valence-electron chi connectivity index (χ3n) is 3.75. The molecule has 1 aromatic rings. The maximum absolute atomic E-state index is 4.36. The molecule has 0 bridgehead atoms. The van der Waals surface area contributed by atoms with Crippen LogP contribution in [0.3, 0.4) is 0 Å². The summed E-state index contributed by atoms with van der Waals surface area (Å²) in [5.41, 5.74) is 1.19. The second-order valence-corrected chi connectivity index (χ2v) is 5.99. The van der Waals surface area contributed by atoms with Crippen LogP contribution in [0, 0.1) is 5.92 Å². The minimum absolute atomic E-state index is 0.701. The van der Waals surface area contributed by atoms with Crippen LogP contribution in [0.25, 0.3) is 0 Å². The molecular weight excluding hydrogens is 234 g/mol. The fraction of sp³-hybridized carbons (Fsp3) is 0.688. The van der Waals surface area contributed by atoms with Crippen molar-refractivity contribution in [1.29, 1.82) is 0 Å². The standard InChI is InChI=1S/C16H27N3/c1-14(2)13-19-11-7-16(8-12-19)18-10-6-15-5-3-4-9-17-15/h3-5,9,14,16,18H,6-8,10-13H2,1-2H3. The monoisotopic (exact) mass is 261 g/mol. The summed E-state index contributed by atoms with van der Waals surface area (Å²) >= 11 is 0. The summed E-state index contributed by atoms with van der Waals surface area (Å²) in [6.45, 7) is 9.40. The van der Waals surface area contributed by atoms with Crippen LogP contribution in [-0.2, 0) is 6.42 Å². The lowest BCUT2D eigenvalue weighted by Gasteiger charge is -2.33. The van der Waals surface area contributed by atoms with Gasteiger partial charge in [-0.05, 0) is 44.0 Å². The third-order valence-corrected chi connectivity index (χ3v) is 3.75. The highest BCUT2D eigenvalue weighted by Gasteiger charge is 2.18. The van der Waals surface area contributed by atoms with E-state index in [1.165, 1.54) is 38.2 Å². The molecule has 0 aliphatic carbocycles. The van der Waals surface area contributed by atoms with Crippen LogP contribution in [0.5, 0.6) is 0 Å². The molecule has 1 saturated heterocycles. The first-order chi connectivity index (χ1) is 9.24. The Kier molecular flexibility index (Phi) is 5.80. The molecule has 0 atom stereocenters. The van der Waals surface area contributed by atoms with Crippen molar-refractivity contribution in [2.75, 3.05) is 26.2 Å². The van der Waals surface area contributed by atoms with E-state index in [0.717, 1.165) is 18.9 Å². The zero-order valence-electron chi connectivity index (χ0n) is 12.3. The van der Waals surface area contributed by atoms with Gasteiger partial charge in [0, 0.05) is 37.4 Å². The van der Waals surface area contributed by atoms with Crippen molar-refractivity contribution < 1.29 is 0 Å². The Bertz CT molecular complexity index is 342. The molecule has 0 radical (unpaired) electrons. The van der Waals surface area contributed by atoms with Gasteiger partial charge < -0.3 is 10.2 Å². The van der Waals surface area contributed by atoms with Gasteiger partial charge in [-0.2, -0.15) is 0 Å². The molecule has 0 aromatic carbocycles. The van der Waals surface area contributed by atoms with Crippen molar-refractivity contribution in [3.05, 3.63) is 30.1 Å². The van der Waals surface area contributed by atoms with Crippen LogP contribution < -0.4 is 5.32 Å². The van der Waals surface area contributed by atoms with Crippen molar-refractivity contribution in [3.8, 4) is 0 Å². The molecule has 3 nitrogen and oxygen atoms in total. The Morgan fingerprint density at radius 2 is 2.11 bits per heavy atom. The molecule has 2 heterocycles. The van der Waals surface area contributed by atoms with Crippen LogP contribution in [0.2, 0.25) is 0 Å². The molecule has 2 rings (SSSR count). The van der Waals surface area contributed by atoms with Gasteiger partial charge in [-0.1, -0.05) is 19.9 Å². The first-order valence-corrected chi connectivity index (χ1v) is 7.59. The summed E-state index contributed by atoms with van der Waals surface area (Å²) < 4.78 is 0. The lowest BCUT2D eigenvalue weighted by molar-refractivity contribution is 0.180. The van der Waals surface area contributed by atoms with Crippen LogP contribution in [0.15, 0.2) is 24.4 Å². The Morgan fingerprint density at radius 1 is 1.32 bits per heavy atom. The lowest BCUT2D eigenvalue weighted by atomic mass is 10.0. The molecule has 0 spiro atoms. The smallest absolute Gasteiger partial charge is 0.0416 e. The molecule has 19 heavy (non-hydrogen) atoms. The highest BCUT2D eigenvalue weighted by Crippen LogP contribution is 2.12. The quantitative estimate of drug-likeness (QED) is 0.852. The average Bonchev–Trinajstić information content (AvgIpc) is 2.41. The van der Waals surface area contributed by atoms with Gasteiger partial charge in [-0.25, -0.2) is 0 Å². The molecular formula is C16H27N3. The molecule has 0 amide bonds. The fourth-order valence-electron chi connectivity index (χ4n) is 2.79. The van der Waals surface area contributed by atoms with Crippen LogP contribution in [-0.4, -0.2) is 42.1 Å². The van der Waals surface area contributed by atoms with Gasteiger partial charge in [0.05, 0.1) is 0 Å². The van der Waals surface area contributed by atoms with Crippen LogP contribution in [0.1, 0.15) is 32.4 Å². The predicted octanol–water partition coefficient (Wildman–Crippen LogP) is 2.33. The lowest BCUT2D eigenvalue weighted by Crippen LogP contribution is -2.44. The molecule has 1 N–H and O–H groups in total. The van der Waals surface area contributed by atoms with Gasteiger partial charge in [0.1, 0.15) is 0 Å². The summed E-state index contributed by atoms with van der Waals surface area (Å²) in [5.74, 6) is 0.786. The Hall–Kier alpha value is -0.930. The maximum Gasteiger partial charge on any atom is 0.0416 e. The number of hydrogen-bond acceptors (Lipinski definition) is 3. The Morgan fingerprint density at radius 3 is 2.74 bits per heavy atom. The molecule has 1 aromatic heterocycles. The van der Waals surface area contributed by atoms with E-state index in [-0.39, 0.29) is 0 Å². The molecule has 3 heteroatoms. The fourth-order valence-corrected chi connectivity index (χ4v) is 2.79. The van der Waals surface area contributed by atoms with Gasteiger partial charge >= 0.3 is 0 Å². The molecule has 1 aliphatic heterocycles. The topological polar surface area (TPSA) is 28.2 Å². The zero-order valence-corrected chi connectivity index (χ0v) is 12.3. The SMILES string of the molecule is CC(C)CN1CCC(NCCc2ccccn2)CC1. The molecule has 106 valence electrons. The van der Waals surface area contributed by atoms with E-state index in [4.69, 9.17) is 0 Å². The summed E-state index contributed by atoms with van der Waals surface area (Å²) in [4.78, 5) is 6.96. The number of likely N-dealkylation sites (tertiary alicyclic amines) is 1. The van der Waals surface area contributed by atoms with Crippen molar-refractivity contribution in [3.63, 3.8) is 0 Å². The van der Waals surface area contributed by atoms with Crippen molar-refractivity contribution >= 4 is 0 Å². The minimum Gasteiger partial charge on any atom is -0.313 e.